The lowest BCUT2D eigenvalue weighted by Gasteiger charge is -2.33. The summed E-state index contributed by atoms with van der Waals surface area (Å²) in [4.78, 5) is 35.1. The fraction of sp³-hybridized carbons (Fsp3) is 0.471. The SMILES string of the molecule is CC(C)(C)[C@H]1CCc2c(sc(NC(=O)/C=C/C(=O)[O-])c2C(N)=O)C1. The normalized spacial score (nSPS) is 17.5. The van der Waals surface area contributed by atoms with E-state index in [1.807, 2.05) is 0 Å². The van der Waals surface area contributed by atoms with E-state index in [1.165, 1.54) is 11.3 Å². The van der Waals surface area contributed by atoms with Crippen molar-refractivity contribution in [3.8, 4) is 0 Å². The third-order valence-electron chi connectivity index (χ3n) is 4.34. The Morgan fingerprint density at radius 2 is 1.96 bits per heavy atom. The molecule has 0 radical (unpaired) electrons. The Morgan fingerprint density at radius 1 is 1.29 bits per heavy atom. The van der Waals surface area contributed by atoms with Gasteiger partial charge in [-0.1, -0.05) is 20.8 Å². The van der Waals surface area contributed by atoms with Gasteiger partial charge in [0.2, 0.25) is 5.91 Å². The lowest BCUT2D eigenvalue weighted by atomic mass is 9.72. The van der Waals surface area contributed by atoms with E-state index in [9.17, 15) is 19.5 Å². The van der Waals surface area contributed by atoms with Crippen molar-refractivity contribution < 1.29 is 19.5 Å². The van der Waals surface area contributed by atoms with Gasteiger partial charge in [0.05, 0.1) is 11.5 Å². The highest BCUT2D eigenvalue weighted by Gasteiger charge is 2.33. The molecule has 130 valence electrons. The summed E-state index contributed by atoms with van der Waals surface area (Å²) in [5, 5.41) is 13.3. The highest BCUT2D eigenvalue weighted by molar-refractivity contribution is 7.17. The van der Waals surface area contributed by atoms with E-state index in [-0.39, 0.29) is 5.41 Å². The van der Waals surface area contributed by atoms with Crippen LogP contribution in [0.2, 0.25) is 0 Å². The second-order valence-corrected chi connectivity index (χ2v) is 8.12. The number of aliphatic carboxylic acids is 1. The fourth-order valence-electron chi connectivity index (χ4n) is 2.97. The predicted octanol–water partition coefficient (Wildman–Crippen LogP) is 1.24. The highest BCUT2D eigenvalue weighted by Crippen LogP contribution is 2.44. The van der Waals surface area contributed by atoms with E-state index in [0.717, 1.165) is 35.8 Å². The average molecular weight is 349 g/mol. The van der Waals surface area contributed by atoms with Gasteiger partial charge in [0, 0.05) is 11.0 Å². The highest BCUT2D eigenvalue weighted by atomic mass is 32.1. The third-order valence-corrected chi connectivity index (χ3v) is 5.51. The molecule has 1 aromatic heterocycles. The van der Waals surface area contributed by atoms with Gasteiger partial charge in [-0.25, -0.2) is 0 Å². The molecule has 1 aromatic rings. The van der Waals surface area contributed by atoms with Crippen LogP contribution in [-0.4, -0.2) is 17.8 Å². The van der Waals surface area contributed by atoms with Gasteiger partial charge in [-0.3, -0.25) is 9.59 Å². The maximum Gasteiger partial charge on any atom is 0.251 e. The average Bonchev–Trinajstić information content (AvgIpc) is 2.80. The van der Waals surface area contributed by atoms with Gasteiger partial charge in [-0.05, 0) is 42.2 Å². The maximum atomic E-state index is 11.8. The molecule has 0 fully saturated rings. The molecule has 1 atom stereocenters. The van der Waals surface area contributed by atoms with Crippen molar-refractivity contribution >= 4 is 34.1 Å². The van der Waals surface area contributed by atoms with Gasteiger partial charge < -0.3 is 21.0 Å². The standard InChI is InChI=1S/C17H22N2O4S/c1-17(2,3)9-4-5-10-11(8-9)24-16(14(10)15(18)23)19-12(20)6-7-13(21)22/h6-7,9H,4-5,8H2,1-3H3,(H2,18,23)(H,19,20)(H,21,22)/p-1/b7-6+/t9-/m0/s1. The fourth-order valence-corrected chi connectivity index (χ4v) is 4.31. The Kier molecular flexibility index (Phi) is 5.13. The molecule has 0 saturated carbocycles. The first-order valence-electron chi connectivity index (χ1n) is 7.74. The second-order valence-electron chi connectivity index (χ2n) is 7.02. The van der Waals surface area contributed by atoms with Crippen molar-refractivity contribution in [2.45, 2.75) is 40.0 Å². The molecule has 0 aromatic carbocycles. The molecule has 0 spiro atoms. The van der Waals surface area contributed by atoms with Gasteiger partial charge in [0.15, 0.2) is 0 Å². The minimum Gasteiger partial charge on any atom is -0.545 e. The number of hydrogen-bond acceptors (Lipinski definition) is 5. The van der Waals surface area contributed by atoms with Gasteiger partial charge in [-0.15, -0.1) is 11.3 Å². The van der Waals surface area contributed by atoms with Crippen LogP contribution in [0.1, 0.15) is 48.0 Å². The van der Waals surface area contributed by atoms with E-state index in [1.54, 1.807) is 0 Å². The summed E-state index contributed by atoms with van der Waals surface area (Å²) < 4.78 is 0. The molecular weight excluding hydrogens is 328 g/mol. The number of fused-ring (bicyclic) bond motifs is 1. The number of carboxylic acid groups (broad SMARTS) is 1. The first-order valence-corrected chi connectivity index (χ1v) is 8.55. The Labute approximate surface area is 144 Å². The summed E-state index contributed by atoms with van der Waals surface area (Å²) in [6, 6.07) is 0. The van der Waals surface area contributed by atoms with Crippen molar-refractivity contribution in [1.29, 1.82) is 0 Å². The van der Waals surface area contributed by atoms with Crippen molar-refractivity contribution in [3.63, 3.8) is 0 Å². The van der Waals surface area contributed by atoms with Gasteiger partial charge in [0.1, 0.15) is 5.00 Å². The lowest BCUT2D eigenvalue weighted by Crippen LogP contribution is -2.27. The molecule has 3 N–H and O–H groups in total. The number of carbonyl (C=O) groups excluding carboxylic acids is 3. The lowest BCUT2D eigenvalue weighted by molar-refractivity contribution is -0.297. The molecule has 0 unspecified atom stereocenters. The van der Waals surface area contributed by atoms with Crippen LogP contribution in [0.5, 0.6) is 0 Å². The summed E-state index contributed by atoms with van der Waals surface area (Å²) in [6.07, 6.45) is 4.05. The predicted molar refractivity (Wildman–Crippen MR) is 90.6 cm³/mol. The smallest absolute Gasteiger partial charge is 0.251 e. The maximum absolute atomic E-state index is 11.8. The van der Waals surface area contributed by atoms with E-state index in [0.29, 0.717) is 22.6 Å². The van der Waals surface area contributed by atoms with Crippen molar-refractivity contribution in [2.24, 2.45) is 17.1 Å². The van der Waals surface area contributed by atoms with E-state index < -0.39 is 17.8 Å². The molecule has 7 heteroatoms. The number of hydrogen-bond donors (Lipinski definition) is 2. The van der Waals surface area contributed by atoms with E-state index in [4.69, 9.17) is 5.73 Å². The Balaban J connectivity index is 2.31. The van der Waals surface area contributed by atoms with Crippen LogP contribution in [0, 0.1) is 11.3 Å². The number of nitrogens with one attached hydrogen (secondary N) is 1. The first-order chi connectivity index (χ1) is 11.1. The summed E-state index contributed by atoms with van der Waals surface area (Å²) in [7, 11) is 0. The van der Waals surface area contributed by atoms with Crippen molar-refractivity contribution in [1.82, 2.24) is 0 Å². The number of rotatable bonds is 4. The van der Waals surface area contributed by atoms with Gasteiger partial charge in [0.25, 0.3) is 5.91 Å². The first kappa shape index (κ1) is 18.2. The molecule has 2 rings (SSSR count). The van der Waals surface area contributed by atoms with E-state index >= 15 is 0 Å². The Morgan fingerprint density at radius 3 is 2.50 bits per heavy atom. The number of amides is 2. The molecule has 2 amide bonds. The third kappa shape index (κ3) is 4.03. The summed E-state index contributed by atoms with van der Waals surface area (Å²) in [5.41, 5.74) is 6.91. The number of primary amides is 1. The molecule has 0 bridgehead atoms. The molecule has 1 aliphatic rings. The number of nitrogens with two attached hydrogens (primary N) is 1. The number of carbonyl (C=O) groups is 3. The summed E-state index contributed by atoms with van der Waals surface area (Å²) >= 11 is 1.34. The zero-order valence-corrected chi connectivity index (χ0v) is 14.8. The van der Waals surface area contributed by atoms with Gasteiger partial charge >= 0.3 is 0 Å². The van der Waals surface area contributed by atoms with E-state index in [2.05, 4.69) is 26.1 Å². The summed E-state index contributed by atoms with van der Waals surface area (Å²) in [5.74, 6) is -2.18. The minimum absolute atomic E-state index is 0.162. The molecule has 0 aliphatic heterocycles. The molecule has 1 aliphatic carbocycles. The number of anilines is 1. The van der Waals surface area contributed by atoms with Crippen LogP contribution >= 0.6 is 11.3 Å². The topological polar surface area (TPSA) is 112 Å². The van der Waals surface area contributed by atoms with Crippen LogP contribution in [0.15, 0.2) is 12.2 Å². The molecular formula is C17H21N2O4S-. The zero-order valence-electron chi connectivity index (χ0n) is 14.0. The molecule has 24 heavy (non-hydrogen) atoms. The van der Waals surface area contributed by atoms with Crippen LogP contribution in [-0.2, 0) is 22.4 Å². The molecule has 6 nitrogen and oxygen atoms in total. The number of thiophene rings is 1. The molecule has 0 saturated heterocycles. The van der Waals surface area contributed by atoms with Gasteiger partial charge in [-0.2, -0.15) is 0 Å². The quantitative estimate of drug-likeness (QED) is 0.796. The monoisotopic (exact) mass is 349 g/mol. The van der Waals surface area contributed by atoms with Crippen LogP contribution in [0.4, 0.5) is 5.00 Å². The number of carboxylic acids is 1. The Hall–Kier alpha value is -2.15. The minimum atomic E-state index is -1.46. The second kappa shape index (κ2) is 6.76. The summed E-state index contributed by atoms with van der Waals surface area (Å²) in [6.45, 7) is 6.58. The zero-order chi connectivity index (χ0) is 18.1. The van der Waals surface area contributed by atoms with Crippen LogP contribution in [0.3, 0.4) is 0 Å². The molecule has 1 heterocycles. The van der Waals surface area contributed by atoms with Crippen LogP contribution in [0.25, 0.3) is 0 Å². The largest absolute Gasteiger partial charge is 0.545 e. The van der Waals surface area contributed by atoms with Crippen molar-refractivity contribution in [3.05, 3.63) is 28.2 Å². The Bertz CT molecular complexity index is 713. The van der Waals surface area contributed by atoms with Crippen molar-refractivity contribution in [2.75, 3.05) is 5.32 Å². The van der Waals surface area contributed by atoms with Crippen LogP contribution < -0.4 is 16.2 Å².